The lowest BCUT2D eigenvalue weighted by Gasteiger charge is -2.30. The fourth-order valence-corrected chi connectivity index (χ4v) is 3.75. The van der Waals surface area contributed by atoms with Gasteiger partial charge in [0.15, 0.2) is 0 Å². The van der Waals surface area contributed by atoms with E-state index in [-0.39, 0.29) is 24.5 Å². The van der Waals surface area contributed by atoms with E-state index >= 15 is 0 Å². The Labute approximate surface area is 168 Å². The molecule has 1 saturated heterocycles. The molecule has 2 aromatic carbocycles. The minimum atomic E-state index is -0.246. The Morgan fingerprint density at radius 1 is 1.10 bits per heavy atom. The summed E-state index contributed by atoms with van der Waals surface area (Å²) in [5, 5.41) is 5.94. The molecular weight excluding hydrogens is 366 g/mol. The van der Waals surface area contributed by atoms with Crippen LogP contribution < -0.4 is 5.43 Å². The van der Waals surface area contributed by atoms with Crippen LogP contribution in [0.5, 0.6) is 0 Å². The molecule has 0 saturated carbocycles. The van der Waals surface area contributed by atoms with E-state index in [4.69, 9.17) is 4.52 Å². The molecule has 0 radical (unpaired) electrons. The van der Waals surface area contributed by atoms with Crippen LogP contribution in [0.25, 0.3) is 11.4 Å². The summed E-state index contributed by atoms with van der Waals surface area (Å²) in [5.41, 5.74) is 6.64. The molecule has 0 aliphatic carbocycles. The first-order valence-corrected chi connectivity index (χ1v) is 9.65. The van der Waals surface area contributed by atoms with Crippen LogP contribution in [0.4, 0.5) is 0 Å². The highest BCUT2D eigenvalue weighted by molar-refractivity contribution is 5.84. The van der Waals surface area contributed by atoms with Crippen molar-refractivity contribution in [3.05, 3.63) is 84.0 Å². The van der Waals surface area contributed by atoms with E-state index in [1.54, 1.807) is 11.1 Å². The number of nitrogens with one attached hydrogen (secondary N) is 1. The Morgan fingerprint density at radius 2 is 1.90 bits per heavy atom. The van der Waals surface area contributed by atoms with Gasteiger partial charge in [-0.15, -0.1) is 0 Å². The molecule has 5 rings (SSSR count). The van der Waals surface area contributed by atoms with Gasteiger partial charge >= 0.3 is 0 Å². The number of fused-ring (bicyclic) bond motifs is 1. The van der Waals surface area contributed by atoms with E-state index in [1.807, 2.05) is 60.6 Å². The molecule has 7 heteroatoms. The van der Waals surface area contributed by atoms with Crippen LogP contribution in [0, 0.1) is 6.92 Å². The molecule has 3 heterocycles. The summed E-state index contributed by atoms with van der Waals surface area (Å²) in [6.45, 7) is 2.29. The number of aryl methyl sites for hydroxylation is 1. The van der Waals surface area contributed by atoms with Gasteiger partial charge in [0.05, 0.1) is 6.04 Å². The molecule has 7 nitrogen and oxygen atoms in total. The summed E-state index contributed by atoms with van der Waals surface area (Å²) in [6, 6.07) is 18.0. The Balaban J connectivity index is 1.29. The monoisotopic (exact) mass is 387 g/mol. The lowest BCUT2D eigenvalue weighted by molar-refractivity contribution is -0.135. The molecule has 2 aliphatic heterocycles. The number of amides is 1. The summed E-state index contributed by atoms with van der Waals surface area (Å²) < 4.78 is 5.38. The average molecular weight is 387 g/mol. The Kier molecular flexibility index (Phi) is 4.37. The molecule has 0 bridgehead atoms. The zero-order valence-electron chi connectivity index (χ0n) is 16.0. The summed E-state index contributed by atoms with van der Waals surface area (Å²) >= 11 is 0. The van der Waals surface area contributed by atoms with Crippen molar-refractivity contribution in [1.29, 1.82) is 0 Å². The SMILES string of the molecule is Cc1ccc(-c2noc(CN3C=CN4NC(c5ccccc5)CC4C3=O)n2)cc1. The van der Waals surface area contributed by atoms with Crippen LogP contribution in [-0.4, -0.2) is 32.0 Å². The third-order valence-corrected chi connectivity index (χ3v) is 5.36. The Bertz CT molecular complexity index is 1040. The van der Waals surface area contributed by atoms with Gasteiger partial charge in [0.2, 0.25) is 11.7 Å². The molecule has 1 N–H and O–H groups in total. The van der Waals surface area contributed by atoms with Gasteiger partial charge in [-0.3, -0.25) is 4.79 Å². The van der Waals surface area contributed by atoms with Crippen LogP contribution in [-0.2, 0) is 11.3 Å². The molecule has 2 aliphatic rings. The summed E-state index contributed by atoms with van der Waals surface area (Å²) in [5.74, 6) is 0.966. The predicted molar refractivity (Wildman–Crippen MR) is 107 cm³/mol. The molecule has 2 atom stereocenters. The highest BCUT2D eigenvalue weighted by Gasteiger charge is 2.40. The van der Waals surface area contributed by atoms with E-state index in [0.29, 0.717) is 18.1 Å². The van der Waals surface area contributed by atoms with Gasteiger partial charge in [0.1, 0.15) is 12.6 Å². The molecule has 29 heavy (non-hydrogen) atoms. The minimum absolute atomic E-state index is 0.0218. The molecular formula is C22H21N5O2. The van der Waals surface area contributed by atoms with Crippen molar-refractivity contribution in [1.82, 2.24) is 25.5 Å². The largest absolute Gasteiger partial charge is 0.337 e. The first-order valence-electron chi connectivity index (χ1n) is 9.65. The van der Waals surface area contributed by atoms with E-state index in [0.717, 1.165) is 5.56 Å². The number of nitrogens with zero attached hydrogens (tertiary/aromatic N) is 4. The second kappa shape index (κ2) is 7.18. The van der Waals surface area contributed by atoms with Crippen LogP contribution in [0.2, 0.25) is 0 Å². The lowest BCUT2D eigenvalue weighted by atomic mass is 10.0. The number of hydrogen-bond donors (Lipinski definition) is 1. The average Bonchev–Trinajstić information content (AvgIpc) is 3.39. The van der Waals surface area contributed by atoms with E-state index in [9.17, 15) is 4.79 Å². The third-order valence-electron chi connectivity index (χ3n) is 5.36. The van der Waals surface area contributed by atoms with Crippen LogP contribution in [0.3, 0.4) is 0 Å². The molecule has 1 fully saturated rings. The zero-order valence-corrected chi connectivity index (χ0v) is 16.0. The van der Waals surface area contributed by atoms with Gasteiger partial charge in [0, 0.05) is 18.0 Å². The van der Waals surface area contributed by atoms with Crippen LogP contribution in [0.1, 0.15) is 29.5 Å². The van der Waals surface area contributed by atoms with Gasteiger partial charge in [-0.2, -0.15) is 4.98 Å². The number of carbonyl (C=O) groups is 1. The van der Waals surface area contributed by atoms with E-state index in [2.05, 4.69) is 27.7 Å². The quantitative estimate of drug-likeness (QED) is 0.741. The maximum atomic E-state index is 13.0. The molecule has 3 aromatic rings. The van der Waals surface area contributed by atoms with Crippen LogP contribution in [0.15, 0.2) is 71.5 Å². The Hall–Kier alpha value is -3.45. The Morgan fingerprint density at radius 3 is 2.69 bits per heavy atom. The first-order chi connectivity index (χ1) is 14.2. The van der Waals surface area contributed by atoms with Gasteiger partial charge in [0.25, 0.3) is 5.91 Å². The number of hydrazine groups is 1. The first kappa shape index (κ1) is 17.6. The van der Waals surface area contributed by atoms with Gasteiger partial charge in [-0.25, -0.2) is 5.43 Å². The highest BCUT2D eigenvalue weighted by Crippen LogP contribution is 2.31. The van der Waals surface area contributed by atoms with Gasteiger partial charge in [-0.1, -0.05) is 65.3 Å². The normalized spacial score (nSPS) is 20.9. The lowest BCUT2D eigenvalue weighted by Crippen LogP contribution is -2.47. The van der Waals surface area contributed by atoms with Crippen molar-refractivity contribution in [3.63, 3.8) is 0 Å². The smallest absolute Gasteiger partial charge is 0.251 e. The number of carbonyl (C=O) groups excluding carboxylic acids is 1. The number of aromatic nitrogens is 2. The van der Waals surface area contributed by atoms with E-state index in [1.165, 1.54) is 11.1 Å². The molecule has 0 spiro atoms. The van der Waals surface area contributed by atoms with Crippen molar-refractivity contribution < 1.29 is 9.32 Å². The second-order valence-corrected chi connectivity index (χ2v) is 7.39. The standard InChI is InChI=1S/C22H21N5O2/c1-15-7-9-17(10-8-15)21-23-20(29-25-21)14-26-11-12-27-19(22(26)28)13-18(24-27)16-5-3-2-4-6-16/h2-12,18-19,24H,13-14H2,1H3. The summed E-state index contributed by atoms with van der Waals surface area (Å²) in [6.07, 6.45) is 4.36. The summed E-state index contributed by atoms with van der Waals surface area (Å²) in [7, 11) is 0. The number of benzene rings is 2. The highest BCUT2D eigenvalue weighted by atomic mass is 16.5. The fourth-order valence-electron chi connectivity index (χ4n) is 3.75. The maximum absolute atomic E-state index is 13.0. The number of hydrogen-bond acceptors (Lipinski definition) is 6. The van der Waals surface area contributed by atoms with Crippen molar-refractivity contribution in [2.24, 2.45) is 0 Å². The zero-order chi connectivity index (χ0) is 19.8. The van der Waals surface area contributed by atoms with Crippen molar-refractivity contribution in [2.45, 2.75) is 32.0 Å². The fraction of sp³-hybridized carbons (Fsp3) is 0.227. The van der Waals surface area contributed by atoms with Crippen LogP contribution >= 0.6 is 0 Å². The van der Waals surface area contributed by atoms with E-state index < -0.39 is 0 Å². The predicted octanol–water partition coefficient (Wildman–Crippen LogP) is 3.18. The van der Waals surface area contributed by atoms with Gasteiger partial charge in [-0.05, 0) is 18.9 Å². The third kappa shape index (κ3) is 3.40. The summed E-state index contributed by atoms with van der Waals surface area (Å²) in [4.78, 5) is 19.1. The molecule has 1 aromatic heterocycles. The van der Waals surface area contributed by atoms with Gasteiger partial charge < -0.3 is 14.4 Å². The minimum Gasteiger partial charge on any atom is -0.337 e. The van der Waals surface area contributed by atoms with Crippen molar-refractivity contribution >= 4 is 5.91 Å². The molecule has 2 unspecified atom stereocenters. The number of rotatable bonds is 4. The van der Waals surface area contributed by atoms with Crippen molar-refractivity contribution in [3.8, 4) is 11.4 Å². The maximum Gasteiger partial charge on any atom is 0.251 e. The molecule has 146 valence electrons. The topological polar surface area (TPSA) is 74.5 Å². The second-order valence-electron chi connectivity index (χ2n) is 7.39. The molecule has 1 amide bonds. The van der Waals surface area contributed by atoms with Crippen molar-refractivity contribution in [2.75, 3.05) is 0 Å².